The van der Waals surface area contributed by atoms with E-state index in [2.05, 4.69) is 10.4 Å². The average Bonchev–Trinajstić information content (AvgIpc) is 3.02. The number of nitrogens with zero attached hydrogens (tertiary/aromatic N) is 3. The summed E-state index contributed by atoms with van der Waals surface area (Å²) in [7, 11) is 0. The van der Waals surface area contributed by atoms with Crippen molar-refractivity contribution in [3.8, 4) is 5.75 Å². The van der Waals surface area contributed by atoms with Gasteiger partial charge in [0.2, 0.25) is 0 Å². The summed E-state index contributed by atoms with van der Waals surface area (Å²) in [4.78, 5) is 25.9. The molecule has 1 aliphatic heterocycles. The molecule has 1 N–H and O–H groups in total. The van der Waals surface area contributed by atoms with Gasteiger partial charge in [0.05, 0.1) is 0 Å². The number of halogens is 1. The van der Waals surface area contributed by atoms with Crippen LogP contribution in [0, 0.1) is 5.82 Å². The van der Waals surface area contributed by atoms with Crippen LogP contribution in [0.2, 0.25) is 0 Å². The zero-order chi connectivity index (χ0) is 17.8. The Morgan fingerprint density at radius 3 is 3.04 bits per heavy atom. The fraction of sp³-hybridized carbons (Fsp3) is 0.353. The molecule has 2 amide bonds. The topological polar surface area (TPSA) is 76.5 Å². The van der Waals surface area contributed by atoms with Gasteiger partial charge in [-0.25, -0.2) is 4.39 Å². The van der Waals surface area contributed by atoms with Gasteiger partial charge in [-0.3, -0.25) is 14.3 Å². The molecule has 8 heteroatoms. The number of aromatic nitrogens is 2. The normalized spacial score (nSPS) is 13.8. The van der Waals surface area contributed by atoms with E-state index in [1.807, 2.05) is 6.92 Å². The summed E-state index contributed by atoms with van der Waals surface area (Å²) in [5.74, 6) is -0.320. The third kappa shape index (κ3) is 3.78. The molecule has 7 nitrogen and oxygen atoms in total. The van der Waals surface area contributed by atoms with E-state index >= 15 is 0 Å². The highest BCUT2D eigenvalue weighted by molar-refractivity contribution is 5.92. The molecular weight excluding hydrogens is 327 g/mol. The van der Waals surface area contributed by atoms with Crippen molar-refractivity contribution in [1.82, 2.24) is 20.0 Å². The third-order valence-corrected chi connectivity index (χ3v) is 4.00. The number of amides is 2. The molecule has 132 valence electrons. The molecule has 0 bridgehead atoms. The van der Waals surface area contributed by atoms with Gasteiger partial charge < -0.3 is 15.0 Å². The molecule has 1 aromatic carbocycles. The Balaban J connectivity index is 1.60. The molecule has 0 radical (unpaired) electrons. The van der Waals surface area contributed by atoms with Gasteiger partial charge in [-0.15, -0.1) is 0 Å². The second-order valence-electron chi connectivity index (χ2n) is 5.64. The Labute approximate surface area is 144 Å². The van der Waals surface area contributed by atoms with Gasteiger partial charge in [-0.05, 0) is 31.2 Å². The summed E-state index contributed by atoms with van der Waals surface area (Å²) in [6.07, 6.45) is 1.57. The molecule has 0 aliphatic carbocycles. The number of hydrogen-bond donors (Lipinski definition) is 1. The van der Waals surface area contributed by atoms with Crippen LogP contribution in [0.1, 0.15) is 23.0 Å². The first-order valence-electron chi connectivity index (χ1n) is 8.07. The number of aryl methyl sites for hydroxylation is 1. The van der Waals surface area contributed by atoms with E-state index in [9.17, 15) is 14.0 Å². The fourth-order valence-electron chi connectivity index (χ4n) is 2.71. The van der Waals surface area contributed by atoms with Crippen molar-refractivity contribution in [2.75, 3.05) is 19.7 Å². The fourth-order valence-corrected chi connectivity index (χ4v) is 2.71. The van der Waals surface area contributed by atoms with E-state index in [0.29, 0.717) is 30.1 Å². The smallest absolute Gasteiger partial charge is 0.269 e. The van der Waals surface area contributed by atoms with Gasteiger partial charge in [0, 0.05) is 37.9 Å². The molecule has 0 atom stereocenters. The zero-order valence-electron chi connectivity index (χ0n) is 13.9. The van der Waals surface area contributed by atoms with Crippen LogP contribution in [-0.4, -0.2) is 46.2 Å². The molecule has 1 aliphatic rings. The van der Waals surface area contributed by atoms with Crippen LogP contribution in [0.3, 0.4) is 0 Å². The second-order valence-corrected chi connectivity index (χ2v) is 5.64. The van der Waals surface area contributed by atoms with Crippen LogP contribution < -0.4 is 10.1 Å². The highest BCUT2D eigenvalue weighted by Crippen LogP contribution is 2.24. The summed E-state index contributed by atoms with van der Waals surface area (Å²) in [5, 5.41) is 6.83. The molecule has 0 fully saturated rings. The van der Waals surface area contributed by atoms with Crippen LogP contribution in [0.25, 0.3) is 0 Å². The van der Waals surface area contributed by atoms with Crippen molar-refractivity contribution in [3.05, 3.63) is 47.5 Å². The molecule has 25 heavy (non-hydrogen) atoms. The van der Waals surface area contributed by atoms with Gasteiger partial charge in [0.15, 0.2) is 6.61 Å². The van der Waals surface area contributed by atoms with Crippen molar-refractivity contribution in [3.63, 3.8) is 0 Å². The SMILES string of the molecule is CCn1nccc1C(=O)NCCN1Cc2cc(F)ccc2OCC1=O. The predicted molar refractivity (Wildman–Crippen MR) is 87.5 cm³/mol. The van der Waals surface area contributed by atoms with Crippen molar-refractivity contribution in [1.29, 1.82) is 0 Å². The Morgan fingerprint density at radius 1 is 1.40 bits per heavy atom. The van der Waals surface area contributed by atoms with E-state index in [1.165, 1.54) is 18.2 Å². The first-order valence-corrected chi connectivity index (χ1v) is 8.07. The van der Waals surface area contributed by atoms with Crippen molar-refractivity contribution >= 4 is 11.8 Å². The maximum Gasteiger partial charge on any atom is 0.269 e. The summed E-state index contributed by atoms with van der Waals surface area (Å²) in [6.45, 7) is 3.23. The minimum atomic E-state index is -0.377. The van der Waals surface area contributed by atoms with Crippen LogP contribution >= 0.6 is 0 Å². The molecule has 1 aromatic heterocycles. The molecule has 2 aromatic rings. The summed E-state index contributed by atoms with van der Waals surface area (Å²) in [5.41, 5.74) is 1.08. The number of ether oxygens (including phenoxy) is 1. The minimum absolute atomic E-state index is 0.102. The van der Waals surface area contributed by atoms with Crippen molar-refractivity contribution in [2.24, 2.45) is 0 Å². The lowest BCUT2D eigenvalue weighted by molar-refractivity contribution is -0.133. The first kappa shape index (κ1) is 16.9. The minimum Gasteiger partial charge on any atom is -0.483 e. The van der Waals surface area contributed by atoms with E-state index in [4.69, 9.17) is 4.74 Å². The van der Waals surface area contributed by atoms with E-state index in [1.54, 1.807) is 21.8 Å². The first-order chi connectivity index (χ1) is 12.1. The number of fused-ring (bicyclic) bond motifs is 1. The van der Waals surface area contributed by atoms with Crippen LogP contribution in [0.5, 0.6) is 5.75 Å². The van der Waals surface area contributed by atoms with Crippen molar-refractivity contribution in [2.45, 2.75) is 20.0 Å². The maximum absolute atomic E-state index is 13.4. The Morgan fingerprint density at radius 2 is 2.24 bits per heavy atom. The van der Waals surface area contributed by atoms with Gasteiger partial charge in [0.25, 0.3) is 11.8 Å². The van der Waals surface area contributed by atoms with Crippen LogP contribution in [0.15, 0.2) is 30.5 Å². The molecule has 0 saturated heterocycles. The van der Waals surface area contributed by atoms with E-state index in [0.717, 1.165) is 0 Å². The molecule has 3 rings (SSSR count). The number of nitrogens with one attached hydrogen (secondary N) is 1. The summed E-state index contributed by atoms with van der Waals surface area (Å²) in [6, 6.07) is 5.83. The largest absolute Gasteiger partial charge is 0.483 e. The summed E-state index contributed by atoms with van der Waals surface area (Å²) < 4.78 is 20.4. The Kier molecular flexibility index (Phi) is 4.97. The van der Waals surface area contributed by atoms with Crippen molar-refractivity contribution < 1.29 is 18.7 Å². The molecule has 2 heterocycles. The Hall–Kier alpha value is -2.90. The average molecular weight is 346 g/mol. The van der Waals surface area contributed by atoms with E-state index in [-0.39, 0.29) is 37.3 Å². The van der Waals surface area contributed by atoms with Gasteiger partial charge >= 0.3 is 0 Å². The highest BCUT2D eigenvalue weighted by Gasteiger charge is 2.22. The van der Waals surface area contributed by atoms with Gasteiger partial charge in [-0.2, -0.15) is 5.10 Å². The Bertz CT molecular complexity index is 790. The van der Waals surface area contributed by atoms with E-state index < -0.39 is 0 Å². The molecular formula is C17H19FN4O3. The van der Waals surface area contributed by atoms with Crippen LogP contribution in [-0.2, 0) is 17.9 Å². The summed E-state index contributed by atoms with van der Waals surface area (Å²) >= 11 is 0. The lowest BCUT2D eigenvalue weighted by Gasteiger charge is -2.20. The van der Waals surface area contributed by atoms with Crippen LogP contribution in [0.4, 0.5) is 4.39 Å². The lowest BCUT2D eigenvalue weighted by Crippen LogP contribution is -2.39. The zero-order valence-corrected chi connectivity index (χ0v) is 13.9. The number of rotatable bonds is 5. The molecule has 0 saturated carbocycles. The quantitative estimate of drug-likeness (QED) is 0.882. The maximum atomic E-state index is 13.4. The monoisotopic (exact) mass is 346 g/mol. The molecule has 0 unspecified atom stereocenters. The highest BCUT2D eigenvalue weighted by atomic mass is 19.1. The lowest BCUT2D eigenvalue weighted by atomic mass is 10.2. The number of carbonyl (C=O) groups excluding carboxylic acids is 2. The van der Waals surface area contributed by atoms with Gasteiger partial charge in [-0.1, -0.05) is 0 Å². The standard InChI is InChI=1S/C17H19FN4O3/c1-2-22-14(5-6-20-22)17(24)19-7-8-21-10-12-9-13(18)3-4-15(12)25-11-16(21)23/h3-6,9H,2,7-8,10-11H2,1H3,(H,19,24). The predicted octanol–water partition coefficient (Wildman–Crippen LogP) is 1.19. The number of carbonyl (C=O) groups is 2. The molecule has 0 spiro atoms. The van der Waals surface area contributed by atoms with Gasteiger partial charge in [0.1, 0.15) is 17.3 Å². The third-order valence-electron chi connectivity index (χ3n) is 4.00. The number of hydrogen-bond acceptors (Lipinski definition) is 4. The second kappa shape index (κ2) is 7.33. The number of benzene rings is 1.